The lowest BCUT2D eigenvalue weighted by atomic mass is 9.99. The highest BCUT2D eigenvalue weighted by Crippen LogP contribution is 2.28. The van der Waals surface area contributed by atoms with E-state index in [1.54, 1.807) is 24.3 Å². The summed E-state index contributed by atoms with van der Waals surface area (Å²) in [6.45, 7) is 0.238. The summed E-state index contributed by atoms with van der Waals surface area (Å²) in [6.07, 6.45) is 0. The van der Waals surface area contributed by atoms with Gasteiger partial charge in [0.05, 0.1) is 22.9 Å². The van der Waals surface area contributed by atoms with Crippen molar-refractivity contribution in [2.45, 2.75) is 12.1 Å². The highest BCUT2D eigenvalue weighted by atomic mass is 35.5. The van der Waals surface area contributed by atoms with Crippen LogP contribution in [0, 0.1) is 11.8 Å². The molecule has 1 aromatic carbocycles. The Bertz CT molecular complexity index is 1070. The number of thiophene rings is 1. The second-order valence-corrected chi connectivity index (χ2v) is 8.07. The van der Waals surface area contributed by atoms with Gasteiger partial charge in [0.15, 0.2) is 0 Å². The van der Waals surface area contributed by atoms with E-state index in [0.29, 0.717) is 27.1 Å². The summed E-state index contributed by atoms with van der Waals surface area (Å²) in [7, 11) is 1.53. The van der Waals surface area contributed by atoms with E-state index in [2.05, 4.69) is 22.5 Å². The van der Waals surface area contributed by atoms with Crippen LogP contribution in [0.2, 0.25) is 4.34 Å². The topological polar surface area (TPSA) is 87.7 Å². The van der Waals surface area contributed by atoms with E-state index in [4.69, 9.17) is 16.3 Å². The fraction of sp³-hybridized carbons (Fsp3) is 0.211. The molecule has 1 atom stereocenters. The van der Waals surface area contributed by atoms with Crippen LogP contribution in [-0.4, -0.2) is 41.9 Å². The van der Waals surface area contributed by atoms with E-state index in [1.165, 1.54) is 23.3 Å². The molecule has 7 nitrogen and oxygen atoms in total. The fourth-order valence-corrected chi connectivity index (χ4v) is 4.06. The summed E-state index contributed by atoms with van der Waals surface area (Å²) < 4.78 is 5.74. The van der Waals surface area contributed by atoms with Gasteiger partial charge in [-0.3, -0.25) is 14.9 Å². The Hall–Kier alpha value is -3.02. The van der Waals surface area contributed by atoms with Gasteiger partial charge in [-0.05, 0) is 29.8 Å². The van der Waals surface area contributed by atoms with Crippen LogP contribution >= 0.6 is 22.9 Å². The summed E-state index contributed by atoms with van der Waals surface area (Å²) in [4.78, 5) is 39.3. The minimum Gasteiger partial charge on any atom is -0.497 e. The molecule has 0 aliphatic carbocycles. The third-order valence-electron chi connectivity index (χ3n) is 4.54. The zero-order valence-corrected chi connectivity index (χ0v) is 16.2. The molecule has 1 aromatic heterocycles. The first-order chi connectivity index (χ1) is 13.4. The number of urea groups is 1. The van der Waals surface area contributed by atoms with Gasteiger partial charge in [-0.25, -0.2) is 4.79 Å². The van der Waals surface area contributed by atoms with Gasteiger partial charge in [0.2, 0.25) is 5.54 Å². The number of methoxy groups -OCH3 is 1. The smallest absolute Gasteiger partial charge is 0.323 e. The second kappa shape index (κ2) is 6.86. The number of hydrogen-bond acceptors (Lipinski definition) is 5. The number of rotatable bonds is 3. The molecule has 2 N–H and O–H groups in total. The molecule has 142 valence electrons. The first kappa shape index (κ1) is 18.3. The average Bonchev–Trinajstić information content (AvgIpc) is 3.30. The molecular weight excluding hydrogens is 402 g/mol. The van der Waals surface area contributed by atoms with Crippen LogP contribution in [0.3, 0.4) is 0 Å². The normalized spacial score (nSPS) is 20.4. The molecule has 1 fully saturated rings. The number of halogens is 1. The van der Waals surface area contributed by atoms with Crippen molar-refractivity contribution < 1.29 is 19.1 Å². The molecule has 4 rings (SSSR count). The molecule has 0 unspecified atom stereocenters. The SMILES string of the molecule is COc1ccc2c(c1)C(=O)N(C[C@@]1(C#Cc3ccc(Cl)s3)NC(=O)NC1=O)C2. The third-order valence-corrected chi connectivity index (χ3v) is 5.68. The van der Waals surface area contributed by atoms with E-state index >= 15 is 0 Å². The number of imide groups is 1. The van der Waals surface area contributed by atoms with Crippen molar-refractivity contribution in [1.29, 1.82) is 0 Å². The largest absolute Gasteiger partial charge is 0.497 e. The van der Waals surface area contributed by atoms with Gasteiger partial charge in [0, 0.05) is 12.1 Å². The van der Waals surface area contributed by atoms with Crippen molar-refractivity contribution in [3.8, 4) is 17.6 Å². The summed E-state index contributed by atoms with van der Waals surface area (Å²) in [5.41, 5.74) is -0.198. The van der Waals surface area contributed by atoms with Crippen molar-refractivity contribution in [3.05, 3.63) is 50.7 Å². The van der Waals surface area contributed by atoms with Crippen LogP contribution < -0.4 is 15.4 Å². The molecule has 4 amide bonds. The molecule has 0 spiro atoms. The molecular formula is C19H14ClN3O4S. The molecule has 2 aliphatic rings. The Kier molecular flexibility index (Phi) is 4.49. The Morgan fingerprint density at radius 2 is 2.11 bits per heavy atom. The molecule has 2 aliphatic heterocycles. The van der Waals surface area contributed by atoms with Gasteiger partial charge in [-0.2, -0.15) is 0 Å². The molecule has 3 heterocycles. The third kappa shape index (κ3) is 3.19. The molecule has 2 aromatic rings. The average molecular weight is 416 g/mol. The molecule has 0 bridgehead atoms. The fourth-order valence-electron chi connectivity index (χ4n) is 3.16. The summed E-state index contributed by atoms with van der Waals surface area (Å²) in [5, 5.41) is 4.78. The predicted molar refractivity (Wildman–Crippen MR) is 103 cm³/mol. The standard InChI is InChI=1S/C19H14ClN3O4S/c1-27-12-3-2-11-9-23(16(24)14(11)8-12)10-19(17(25)21-18(26)22-19)7-6-13-4-5-15(20)28-13/h2-5,8H,9-10H2,1H3,(H2,21,22,25,26)/t19-/m1/s1. The number of ether oxygens (including phenoxy) is 1. The van der Waals surface area contributed by atoms with Crippen LogP contribution in [0.15, 0.2) is 30.3 Å². The maximum atomic E-state index is 12.8. The van der Waals surface area contributed by atoms with E-state index < -0.39 is 17.5 Å². The Morgan fingerprint density at radius 1 is 1.29 bits per heavy atom. The number of hydrogen-bond donors (Lipinski definition) is 2. The van der Waals surface area contributed by atoms with Crippen LogP contribution in [0.5, 0.6) is 5.75 Å². The highest BCUT2D eigenvalue weighted by Gasteiger charge is 2.48. The maximum absolute atomic E-state index is 12.8. The van der Waals surface area contributed by atoms with Gasteiger partial charge in [-0.1, -0.05) is 29.5 Å². The van der Waals surface area contributed by atoms with Crippen molar-refractivity contribution >= 4 is 40.8 Å². The van der Waals surface area contributed by atoms with Crippen LogP contribution in [0.4, 0.5) is 4.79 Å². The van der Waals surface area contributed by atoms with Gasteiger partial charge in [0.1, 0.15) is 5.75 Å². The number of nitrogens with one attached hydrogen (secondary N) is 2. The van der Waals surface area contributed by atoms with E-state index in [0.717, 1.165) is 5.56 Å². The van der Waals surface area contributed by atoms with Crippen LogP contribution in [-0.2, 0) is 11.3 Å². The number of nitrogens with zero attached hydrogens (tertiary/aromatic N) is 1. The second-order valence-electron chi connectivity index (χ2n) is 6.35. The number of fused-ring (bicyclic) bond motifs is 1. The van der Waals surface area contributed by atoms with Crippen molar-refractivity contribution in [3.63, 3.8) is 0 Å². The van der Waals surface area contributed by atoms with Crippen molar-refractivity contribution in [2.75, 3.05) is 13.7 Å². The van der Waals surface area contributed by atoms with Gasteiger partial charge >= 0.3 is 6.03 Å². The van der Waals surface area contributed by atoms with Gasteiger partial charge < -0.3 is 15.0 Å². The molecule has 0 saturated carbocycles. The molecule has 28 heavy (non-hydrogen) atoms. The Labute approximate surface area is 169 Å². The zero-order chi connectivity index (χ0) is 19.9. The lowest BCUT2D eigenvalue weighted by molar-refractivity contribution is -0.122. The van der Waals surface area contributed by atoms with E-state index in [-0.39, 0.29) is 12.5 Å². The maximum Gasteiger partial charge on any atom is 0.323 e. The highest BCUT2D eigenvalue weighted by molar-refractivity contribution is 7.16. The first-order valence-electron chi connectivity index (χ1n) is 8.28. The van der Waals surface area contributed by atoms with Crippen LogP contribution in [0.25, 0.3) is 0 Å². The lowest BCUT2D eigenvalue weighted by Crippen LogP contribution is -2.54. The predicted octanol–water partition coefficient (Wildman–Crippen LogP) is 2.00. The van der Waals surface area contributed by atoms with Crippen LogP contribution in [0.1, 0.15) is 20.8 Å². The van der Waals surface area contributed by atoms with Crippen molar-refractivity contribution in [1.82, 2.24) is 15.5 Å². The van der Waals surface area contributed by atoms with Crippen molar-refractivity contribution in [2.24, 2.45) is 0 Å². The Balaban J connectivity index is 1.64. The van der Waals surface area contributed by atoms with Gasteiger partial charge in [-0.15, -0.1) is 11.3 Å². The molecule has 9 heteroatoms. The number of amides is 4. The van der Waals surface area contributed by atoms with E-state index in [1.807, 2.05) is 6.07 Å². The van der Waals surface area contributed by atoms with E-state index in [9.17, 15) is 14.4 Å². The summed E-state index contributed by atoms with van der Waals surface area (Å²) in [5.74, 6) is 5.46. The minimum atomic E-state index is -1.53. The first-order valence-corrected chi connectivity index (χ1v) is 9.48. The molecule has 1 saturated heterocycles. The number of carbonyl (C=O) groups excluding carboxylic acids is 3. The summed E-state index contributed by atoms with van der Waals surface area (Å²) in [6, 6.07) is 8.03. The van der Waals surface area contributed by atoms with Gasteiger partial charge in [0.25, 0.3) is 11.8 Å². The number of carbonyl (C=O) groups is 3. The summed E-state index contributed by atoms with van der Waals surface area (Å²) >= 11 is 7.18. The number of benzene rings is 1. The monoisotopic (exact) mass is 415 g/mol. The Morgan fingerprint density at radius 3 is 2.75 bits per heavy atom. The minimum absolute atomic E-state index is 0.0769. The zero-order valence-electron chi connectivity index (χ0n) is 14.7. The quantitative estimate of drug-likeness (QED) is 0.593. The molecule has 0 radical (unpaired) electrons. The lowest BCUT2D eigenvalue weighted by Gasteiger charge is -2.26.